The van der Waals surface area contributed by atoms with Crippen LogP contribution in [0.15, 0.2) is 18.6 Å². The maximum Gasteiger partial charge on any atom is 0.202 e. The third kappa shape index (κ3) is 2.22. The number of carbonyl (C=O) groups excluding carboxylic acids is 1. The number of hydrogen-bond acceptors (Lipinski definition) is 4. The lowest BCUT2D eigenvalue weighted by Gasteiger charge is -2.36. The predicted octanol–water partition coefficient (Wildman–Crippen LogP) is 1.92. The SMILES string of the molecule is CCC(C)(C(=O)c1cnccn1)N1CCCC1. The molecule has 0 amide bonds. The summed E-state index contributed by atoms with van der Waals surface area (Å²) >= 11 is 0. The Morgan fingerprint density at radius 2 is 2.12 bits per heavy atom. The van der Waals surface area contributed by atoms with Gasteiger partial charge >= 0.3 is 0 Å². The summed E-state index contributed by atoms with van der Waals surface area (Å²) in [6.07, 6.45) is 7.91. The number of carbonyl (C=O) groups is 1. The molecule has 0 aliphatic carbocycles. The van der Waals surface area contributed by atoms with Crippen molar-refractivity contribution in [1.82, 2.24) is 14.9 Å². The lowest BCUT2D eigenvalue weighted by Crippen LogP contribution is -2.50. The molecule has 0 bridgehead atoms. The van der Waals surface area contributed by atoms with Gasteiger partial charge in [-0.15, -0.1) is 0 Å². The molecule has 2 rings (SSSR count). The van der Waals surface area contributed by atoms with Crippen molar-refractivity contribution >= 4 is 5.78 Å². The van der Waals surface area contributed by atoms with E-state index in [1.54, 1.807) is 18.6 Å². The molecular weight excluding hydrogens is 214 g/mol. The molecule has 1 aliphatic rings. The molecule has 1 aliphatic heterocycles. The standard InChI is InChI=1S/C13H19N3O/c1-3-13(2,16-8-4-5-9-16)12(17)11-10-14-6-7-15-11/h6-7,10H,3-5,8-9H2,1-2H3. The second-order valence-electron chi connectivity index (χ2n) is 4.74. The number of hydrogen-bond donors (Lipinski definition) is 0. The van der Waals surface area contributed by atoms with Gasteiger partial charge in [-0.25, -0.2) is 4.98 Å². The third-order valence-electron chi connectivity index (χ3n) is 3.78. The Balaban J connectivity index is 2.25. The first-order chi connectivity index (χ1) is 8.18. The van der Waals surface area contributed by atoms with Crippen LogP contribution in [0.1, 0.15) is 43.6 Å². The highest BCUT2D eigenvalue weighted by molar-refractivity contribution is 6.01. The minimum Gasteiger partial charge on any atom is -0.291 e. The molecule has 17 heavy (non-hydrogen) atoms. The van der Waals surface area contributed by atoms with E-state index >= 15 is 0 Å². The van der Waals surface area contributed by atoms with Crippen molar-refractivity contribution in [1.29, 1.82) is 0 Å². The van der Waals surface area contributed by atoms with Crippen molar-refractivity contribution in [2.24, 2.45) is 0 Å². The quantitative estimate of drug-likeness (QED) is 0.745. The second kappa shape index (κ2) is 4.92. The molecule has 0 N–H and O–H groups in total. The van der Waals surface area contributed by atoms with Crippen LogP contribution in [0.25, 0.3) is 0 Å². The van der Waals surface area contributed by atoms with Crippen molar-refractivity contribution in [2.45, 2.75) is 38.6 Å². The average Bonchev–Trinajstić information content (AvgIpc) is 2.92. The van der Waals surface area contributed by atoms with Crippen LogP contribution in [-0.2, 0) is 0 Å². The van der Waals surface area contributed by atoms with Crippen LogP contribution in [0.3, 0.4) is 0 Å². The van der Waals surface area contributed by atoms with Gasteiger partial charge in [0.1, 0.15) is 5.69 Å². The van der Waals surface area contributed by atoms with E-state index in [2.05, 4.69) is 21.8 Å². The summed E-state index contributed by atoms with van der Waals surface area (Å²) in [5.41, 5.74) is 0.0516. The summed E-state index contributed by atoms with van der Waals surface area (Å²) in [7, 11) is 0. The Kier molecular flexibility index (Phi) is 3.52. The van der Waals surface area contributed by atoms with Gasteiger partial charge in [0.15, 0.2) is 0 Å². The molecule has 0 saturated carbocycles. The molecule has 1 aromatic rings. The lowest BCUT2D eigenvalue weighted by molar-refractivity contribution is 0.0641. The maximum atomic E-state index is 12.5. The number of rotatable bonds is 4. The molecule has 4 nitrogen and oxygen atoms in total. The molecule has 0 radical (unpaired) electrons. The van der Waals surface area contributed by atoms with Gasteiger partial charge in [-0.1, -0.05) is 6.92 Å². The van der Waals surface area contributed by atoms with Crippen LogP contribution in [0.5, 0.6) is 0 Å². The minimum atomic E-state index is -0.424. The summed E-state index contributed by atoms with van der Waals surface area (Å²) in [6, 6.07) is 0. The summed E-state index contributed by atoms with van der Waals surface area (Å²) in [4.78, 5) is 22.9. The first-order valence-corrected chi connectivity index (χ1v) is 6.24. The molecule has 2 heterocycles. The number of ketones is 1. The van der Waals surface area contributed by atoms with E-state index in [0.717, 1.165) is 19.5 Å². The van der Waals surface area contributed by atoms with Crippen molar-refractivity contribution in [3.05, 3.63) is 24.3 Å². The molecule has 92 valence electrons. The van der Waals surface area contributed by atoms with E-state index < -0.39 is 5.54 Å². The Hall–Kier alpha value is -1.29. The Morgan fingerprint density at radius 1 is 1.41 bits per heavy atom. The molecule has 1 saturated heterocycles. The highest BCUT2D eigenvalue weighted by Gasteiger charge is 2.39. The van der Waals surface area contributed by atoms with Crippen molar-refractivity contribution in [2.75, 3.05) is 13.1 Å². The zero-order valence-electron chi connectivity index (χ0n) is 10.5. The largest absolute Gasteiger partial charge is 0.291 e. The van der Waals surface area contributed by atoms with Crippen LogP contribution < -0.4 is 0 Å². The van der Waals surface area contributed by atoms with E-state index in [1.807, 2.05) is 6.92 Å². The molecular formula is C13H19N3O. The fraction of sp³-hybridized carbons (Fsp3) is 0.615. The van der Waals surface area contributed by atoms with Gasteiger partial charge in [-0.05, 0) is 39.3 Å². The number of Topliss-reactive ketones (excluding diaryl/α,β-unsaturated/α-hetero) is 1. The van der Waals surface area contributed by atoms with Crippen molar-refractivity contribution in [3.8, 4) is 0 Å². The molecule has 1 fully saturated rings. The molecule has 1 unspecified atom stereocenters. The Morgan fingerprint density at radius 3 is 2.65 bits per heavy atom. The van der Waals surface area contributed by atoms with Gasteiger partial charge in [-0.3, -0.25) is 14.7 Å². The monoisotopic (exact) mass is 233 g/mol. The van der Waals surface area contributed by atoms with Gasteiger partial charge < -0.3 is 0 Å². The normalized spacial score (nSPS) is 20.1. The van der Waals surface area contributed by atoms with E-state index in [4.69, 9.17) is 0 Å². The second-order valence-corrected chi connectivity index (χ2v) is 4.74. The van der Waals surface area contributed by atoms with Crippen LogP contribution >= 0.6 is 0 Å². The highest BCUT2D eigenvalue weighted by Crippen LogP contribution is 2.27. The van der Waals surface area contributed by atoms with Crippen LogP contribution in [0, 0.1) is 0 Å². The highest BCUT2D eigenvalue weighted by atomic mass is 16.1. The lowest BCUT2D eigenvalue weighted by atomic mass is 9.89. The fourth-order valence-electron chi connectivity index (χ4n) is 2.43. The molecule has 4 heteroatoms. The summed E-state index contributed by atoms with van der Waals surface area (Å²) in [5, 5.41) is 0. The van der Waals surface area contributed by atoms with Crippen molar-refractivity contribution < 1.29 is 4.79 Å². The molecule has 0 aromatic carbocycles. The zero-order valence-corrected chi connectivity index (χ0v) is 10.5. The maximum absolute atomic E-state index is 12.5. The topological polar surface area (TPSA) is 46.1 Å². The Bertz CT molecular complexity index is 387. The van der Waals surface area contributed by atoms with E-state index in [0.29, 0.717) is 5.69 Å². The van der Waals surface area contributed by atoms with Gasteiger partial charge in [0.05, 0.1) is 11.7 Å². The molecule has 1 aromatic heterocycles. The summed E-state index contributed by atoms with van der Waals surface area (Å²) in [5.74, 6) is 0.0926. The third-order valence-corrected chi connectivity index (χ3v) is 3.78. The Labute approximate surface area is 102 Å². The number of aromatic nitrogens is 2. The predicted molar refractivity (Wildman–Crippen MR) is 65.9 cm³/mol. The van der Waals surface area contributed by atoms with Gasteiger partial charge in [0.25, 0.3) is 0 Å². The first-order valence-electron chi connectivity index (χ1n) is 6.24. The minimum absolute atomic E-state index is 0.0926. The molecule has 0 spiro atoms. The van der Waals surface area contributed by atoms with Crippen LogP contribution in [0.4, 0.5) is 0 Å². The van der Waals surface area contributed by atoms with Crippen LogP contribution in [-0.4, -0.2) is 39.3 Å². The van der Waals surface area contributed by atoms with Gasteiger partial charge in [0.2, 0.25) is 5.78 Å². The van der Waals surface area contributed by atoms with E-state index in [-0.39, 0.29) is 5.78 Å². The summed E-state index contributed by atoms with van der Waals surface area (Å²) in [6.45, 7) is 6.11. The number of likely N-dealkylation sites (tertiary alicyclic amines) is 1. The van der Waals surface area contributed by atoms with Gasteiger partial charge in [0, 0.05) is 12.4 Å². The van der Waals surface area contributed by atoms with E-state index in [1.165, 1.54) is 12.8 Å². The first kappa shape index (κ1) is 12.2. The zero-order chi connectivity index (χ0) is 12.3. The van der Waals surface area contributed by atoms with Crippen molar-refractivity contribution in [3.63, 3.8) is 0 Å². The van der Waals surface area contributed by atoms with Gasteiger partial charge in [-0.2, -0.15) is 0 Å². The smallest absolute Gasteiger partial charge is 0.202 e. The van der Waals surface area contributed by atoms with Crippen LogP contribution in [0.2, 0.25) is 0 Å². The number of nitrogens with zero attached hydrogens (tertiary/aromatic N) is 3. The molecule has 1 atom stereocenters. The average molecular weight is 233 g/mol. The van der Waals surface area contributed by atoms with E-state index in [9.17, 15) is 4.79 Å². The summed E-state index contributed by atoms with van der Waals surface area (Å²) < 4.78 is 0. The fourth-order valence-corrected chi connectivity index (χ4v) is 2.43.